The molecule has 0 fully saturated rings. The average molecular weight is 375 g/mol. The van der Waals surface area contributed by atoms with Crippen LogP contribution < -0.4 is 5.32 Å². The van der Waals surface area contributed by atoms with E-state index >= 15 is 0 Å². The summed E-state index contributed by atoms with van der Waals surface area (Å²) >= 11 is 0. The lowest BCUT2D eigenvalue weighted by Crippen LogP contribution is -2.32. The molecule has 2 aromatic rings. The second-order valence-corrected chi connectivity index (χ2v) is 8.19. The maximum absolute atomic E-state index is 12.7. The van der Waals surface area contributed by atoms with E-state index in [1.165, 1.54) is 16.4 Å². The van der Waals surface area contributed by atoms with Gasteiger partial charge in [-0.2, -0.15) is 4.31 Å². The SMILES string of the molecule is CCCN(CCC)S(=O)(=O)c1ccc(C(=O)Nc2cccc(C)c2)cc1. The van der Waals surface area contributed by atoms with Gasteiger partial charge in [-0.15, -0.1) is 0 Å². The maximum atomic E-state index is 12.7. The predicted molar refractivity (Wildman–Crippen MR) is 105 cm³/mol. The molecule has 0 atom stereocenters. The first-order valence-corrected chi connectivity index (χ1v) is 10.3. The topological polar surface area (TPSA) is 66.5 Å². The highest BCUT2D eigenvalue weighted by Crippen LogP contribution is 2.18. The van der Waals surface area contributed by atoms with Crippen LogP contribution >= 0.6 is 0 Å². The zero-order valence-corrected chi connectivity index (χ0v) is 16.3. The molecule has 5 nitrogen and oxygen atoms in total. The van der Waals surface area contributed by atoms with E-state index in [2.05, 4.69) is 5.32 Å². The van der Waals surface area contributed by atoms with Gasteiger partial charge in [-0.3, -0.25) is 4.79 Å². The molecule has 0 saturated heterocycles. The number of carbonyl (C=O) groups excluding carboxylic acids is 1. The number of nitrogens with one attached hydrogen (secondary N) is 1. The standard InChI is InChI=1S/C20H26N2O3S/c1-4-13-22(14-5-2)26(24,25)19-11-9-17(10-12-19)20(23)21-18-8-6-7-16(3)15-18/h6-12,15H,4-5,13-14H2,1-3H3,(H,21,23). The van der Waals surface area contributed by atoms with Gasteiger partial charge >= 0.3 is 0 Å². The molecule has 0 heterocycles. The molecular formula is C20H26N2O3S. The van der Waals surface area contributed by atoms with Crippen LogP contribution in [0.25, 0.3) is 0 Å². The first-order chi connectivity index (χ1) is 12.4. The number of sulfonamides is 1. The Morgan fingerprint density at radius 3 is 2.15 bits per heavy atom. The zero-order chi connectivity index (χ0) is 19.2. The summed E-state index contributed by atoms with van der Waals surface area (Å²) in [5.41, 5.74) is 2.18. The van der Waals surface area contributed by atoms with E-state index in [0.717, 1.165) is 18.4 Å². The average Bonchev–Trinajstić information content (AvgIpc) is 2.61. The van der Waals surface area contributed by atoms with Gasteiger partial charge in [0, 0.05) is 24.3 Å². The number of rotatable bonds is 8. The van der Waals surface area contributed by atoms with Gasteiger partial charge in [0.05, 0.1) is 4.90 Å². The van der Waals surface area contributed by atoms with Crippen molar-refractivity contribution in [3.8, 4) is 0 Å². The number of benzene rings is 2. The molecule has 0 unspecified atom stereocenters. The monoisotopic (exact) mass is 374 g/mol. The summed E-state index contributed by atoms with van der Waals surface area (Å²) in [6, 6.07) is 13.6. The lowest BCUT2D eigenvalue weighted by Gasteiger charge is -2.21. The third-order valence-corrected chi connectivity index (χ3v) is 5.89. The fourth-order valence-corrected chi connectivity index (χ4v) is 4.33. The lowest BCUT2D eigenvalue weighted by molar-refractivity contribution is 0.102. The normalized spacial score (nSPS) is 11.5. The van der Waals surface area contributed by atoms with E-state index in [9.17, 15) is 13.2 Å². The van der Waals surface area contributed by atoms with E-state index in [1.807, 2.05) is 45.0 Å². The van der Waals surface area contributed by atoms with Crippen molar-refractivity contribution < 1.29 is 13.2 Å². The second-order valence-electron chi connectivity index (χ2n) is 6.25. The smallest absolute Gasteiger partial charge is 0.255 e. The molecule has 0 bridgehead atoms. The minimum Gasteiger partial charge on any atom is -0.322 e. The van der Waals surface area contributed by atoms with Gasteiger partial charge in [-0.05, 0) is 61.7 Å². The third-order valence-electron chi connectivity index (χ3n) is 3.98. The third kappa shape index (κ3) is 4.93. The van der Waals surface area contributed by atoms with Gasteiger partial charge in [-0.1, -0.05) is 26.0 Å². The van der Waals surface area contributed by atoms with Crippen molar-refractivity contribution in [1.29, 1.82) is 0 Å². The highest BCUT2D eigenvalue weighted by atomic mass is 32.2. The Bertz CT molecular complexity index is 840. The van der Waals surface area contributed by atoms with Gasteiger partial charge in [0.2, 0.25) is 10.0 Å². The Kier molecular flexibility index (Phi) is 6.94. The molecule has 0 radical (unpaired) electrons. The summed E-state index contributed by atoms with van der Waals surface area (Å²) in [7, 11) is -3.53. The minimum atomic E-state index is -3.53. The highest BCUT2D eigenvalue weighted by Gasteiger charge is 2.23. The van der Waals surface area contributed by atoms with Gasteiger partial charge < -0.3 is 5.32 Å². The molecule has 2 aromatic carbocycles. The Morgan fingerprint density at radius 2 is 1.62 bits per heavy atom. The van der Waals surface area contributed by atoms with Gasteiger partial charge in [0.15, 0.2) is 0 Å². The number of hydrogen-bond donors (Lipinski definition) is 1. The van der Waals surface area contributed by atoms with Gasteiger partial charge in [0.25, 0.3) is 5.91 Å². The molecule has 2 rings (SSSR count). The lowest BCUT2D eigenvalue weighted by atomic mass is 10.2. The van der Waals surface area contributed by atoms with Crippen molar-refractivity contribution >= 4 is 21.6 Å². The summed E-state index contributed by atoms with van der Waals surface area (Å²) < 4.78 is 27.0. The van der Waals surface area contributed by atoms with Crippen molar-refractivity contribution in [2.75, 3.05) is 18.4 Å². The molecule has 0 aromatic heterocycles. The fourth-order valence-electron chi connectivity index (χ4n) is 2.70. The maximum Gasteiger partial charge on any atom is 0.255 e. The highest BCUT2D eigenvalue weighted by molar-refractivity contribution is 7.89. The van der Waals surface area contributed by atoms with Crippen molar-refractivity contribution in [3.05, 3.63) is 59.7 Å². The quantitative estimate of drug-likeness (QED) is 0.758. The molecule has 1 amide bonds. The summed E-state index contributed by atoms with van der Waals surface area (Å²) in [6.45, 7) is 6.85. The molecule has 0 spiro atoms. The van der Waals surface area contributed by atoms with Crippen molar-refractivity contribution in [2.45, 2.75) is 38.5 Å². The molecule has 0 aliphatic rings. The first kappa shape index (κ1) is 20.1. The summed E-state index contributed by atoms with van der Waals surface area (Å²) in [6.07, 6.45) is 1.52. The van der Waals surface area contributed by atoms with Crippen LogP contribution in [0.5, 0.6) is 0 Å². The Morgan fingerprint density at radius 1 is 1.00 bits per heavy atom. The van der Waals surface area contributed by atoms with E-state index in [0.29, 0.717) is 24.3 Å². The Hall–Kier alpha value is -2.18. The molecule has 26 heavy (non-hydrogen) atoms. The summed E-state index contributed by atoms with van der Waals surface area (Å²) in [5, 5.41) is 2.82. The van der Waals surface area contributed by atoms with Crippen LogP contribution in [0.15, 0.2) is 53.4 Å². The number of carbonyl (C=O) groups is 1. The Labute approximate surface area is 156 Å². The summed E-state index contributed by atoms with van der Waals surface area (Å²) in [4.78, 5) is 12.6. The predicted octanol–water partition coefficient (Wildman–Crippen LogP) is 4.06. The first-order valence-electron chi connectivity index (χ1n) is 8.86. The van der Waals surface area contributed by atoms with Crippen LogP contribution in [0.2, 0.25) is 0 Å². The molecule has 0 saturated carbocycles. The van der Waals surface area contributed by atoms with Gasteiger partial charge in [0.1, 0.15) is 0 Å². The van der Waals surface area contributed by atoms with E-state index in [4.69, 9.17) is 0 Å². The largest absolute Gasteiger partial charge is 0.322 e. The van der Waals surface area contributed by atoms with Crippen LogP contribution in [-0.2, 0) is 10.0 Å². The van der Waals surface area contributed by atoms with Crippen molar-refractivity contribution in [2.24, 2.45) is 0 Å². The molecular weight excluding hydrogens is 348 g/mol. The van der Waals surface area contributed by atoms with Crippen LogP contribution in [0.1, 0.15) is 42.6 Å². The van der Waals surface area contributed by atoms with Crippen molar-refractivity contribution in [3.63, 3.8) is 0 Å². The molecule has 0 aliphatic heterocycles. The van der Waals surface area contributed by atoms with E-state index < -0.39 is 10.0 Å². The molecule has 6 heteroatoms. The molecule has 140 valence electrons. The number of nitrogens with zero attached hydrogens (tertiary/aromatic N) is 1. The van der Waals surface area contributed by atoms with Crippen LogP contribution in [0.4, 0.5) is 5.69 Å². The molecule has 0 aliphatic carbocycles. The van der Waals surface area contributed by atoms with Crippen LogP contribution in [0.3, 0.4) is 0 Å². The minimum absolute atomic E-state index is 0.214. The number of amides is 1. The van der Waals surface area contributed by atoms with Crippen LogP contribution in [-0.4, -0.2) is 31.7 Å². The summed E-state index contributed by atoms with van der Waals surface area (Å²) in [5.74, 6) is -0.265. The fraction of sp³-hybridized carbons (Fsp3) is 0.350. The van der Waals surface area contributed by atoms with Crippen LogP contribution in [0, 0.1) is 6.92 Å². The van der Waals surface area contributed by atoms with Gasteiger partial charge in [-0.25, -0.2) is 8.42 Å². The number of hydrogen-bond acceptors (Lipinski definition) is 3. The van der Waals surface area contributed by atoms with Crippen molar-refractivity contribution in [1.82, 2.24) is 4.31 Å². The second kappa shape index (κ2) is 8.96. The van der Waals surface area contributed by atoms with E-state index in [-0.39, 0.29) is 10.8 Å². The number of anilines is 1. The zero-order valence-electron chi connectivity index (χ0n) is 15.5. The van der Waals surface area contributed by atoms with E-state index in [1.54, 1.807) is 12.1 Å². The molecule has 1 N–H and O–H groups in total. The Balaban J connectivity index is 2.17. The number of aryl methyl sites for hydroxylation is 1.